The number of benzene rings is 2. The Hall–Kier alpha value is -1.99. The van der Waals surface area contributed by atoms with Crippen LogP contribution in [0, 0.1) is 0 Å². The average Bonchev–Trinajstić information content (AvgIpc) is 2.61. The van der Waals surface area contributed by atoms with E-state index in [-0.39, 0.29) is 16.8 Å². The SMILES string of the molecule is COc1ccc(CSCC(=O)NC(C)c2ccc(S(C)(=O)=O)cc2)cc1. The molecule has 0 fully saturated rings. The van der Waals surface area contributed by atoms with Gasteiger partial charge in [0, 0.05) is 12.0 Å². The maximum Gasteiger partial charge on any atom is 0.230 e. The molecule has 0 saturated carbocycles. The van der Waals surface area contributed by atoms with E-state index in [4.69, 9.17) is 4.74 Å². The van der Waals surface area contributed by atoms with Crippen LogP contribution in [-0.2, 0) is 20.4 Å². The number of nitrogens with one attached hydrogen (secondary N) is 1. The number of carbonyl (C=O) groups is 1. The summed E-state index contributed by atoms with van der Waals surface area (Å²) in [6.07, 6.45) is 1.17. The fraction of sp³-hybridized carbons (Fsp3) is 0.316. The maximum absolute atomic E-state index is 12.1. The van der Waals surface area contributed by atoms with Crippen LogP contribution in [0.4, 0.5) is 0 Å². The fourth-order valence-electron chi connectivity index (χ4n) is 2.35. The average molecular weight is 394 g/mol. The summed E-state index contributed by atoms with van der Waals surface area (Å²) in [5.41, 5.74) is 2.00. The summed E-state index contributed by atoms with van der Waals surface area (Å²) in [5, 5.41) is 2.93. The maximum atomic E-state index is 12.1. The molecule has 0 radical (unpaired) electrons. The molecule has 1 amide bonds. The van der Waals surface area contributed by atoms with Crippen LogP contribution in [0.5, 0.6) is 5.75 Å². The number of rotatable bonds is 8. The van der Waals surface area contributed by atoms with Crippen molar-refractivity contribution < 1.29 is 17.9 Å². The second-order valence-corrected chi connectivity index (χ2v) is 8.97. The predicted molar refractivity (Wildman–Crippen MR) is 105 cm³/mol. The largest absolute Gasteiger partial charge is 0.497 e. The van der Waals surface area contributed by atoms with Crippen molar-refractivity contribution in [3.63, 3.8) is 0 Å². The first-order chi connectivity index (χ1) is 12.3. The highest BCUT2D eigenvalue weighted by atomic mass is 32.2. The van der Waals surface area contributed by atoms with Crippen LogP contribution in [0.2, 0.25) is 0 Å². The molecular formula is C19H23NO4S2. The van der Waals surface area contributed by atoms with Gasteiger partial charge in [0.2, 0.25) is 5.91 Å². The first-order valence-corrected chi connectivity index (χ1v) is 11.1. The van der Waals surface area contributed by atoms with Gasteiger partial charge in [-0.2, -0.15) is 0 Å². The quantitative estimate of drug-likeness (QED) is 0.746. The lowest BCUT2D eigenvalue weighted by molar-refractivity contribution is -0.119. The third-order valence-electron chi connectivity index (χ3n) is 3.85. The molecule has 140 valence electrons. The minimum atomic E-state index is -3.21. The Bertz CT molecular complexity index is 831. The highest BCUT2D eigenvalue weighted by Crippen LogP contribution is 2.18. The van der Waals surface area contributed by atoms with E-state index in [1.54, 1.807) is 31.4 Å². The van der Waals surface area contributed by atoms with Crippen molar-refractivity contribution >= 4 is 27.5 Å². The summed E-state index contributed by atoms with van der Waals surface area (Å²) >= 11 is 1.54. The van der Waals surface area contributed by atoms with Crippen molar-refractivity contribution in [2.45, 2.75) is 23.6 Å². The molecule has 1 N–H and O–H groups in total. The molecule has 0 aliphatic rings. The lowest BCUT2D eigenvalue weighted by Crippen LogP contribution is -2.28. The summed E-state index contributed by atoms with van der Waals surface area (Å²) < 4.78 is 28.1. The summed E-state index contributed by atoms with van der Waals surface area (Å²) in [6, 6.07) is 14.2. The second-order valence-electron chi connectivity index (χ2n) is 5.97. The molecule has 0 aliphatic heterocycles. The smallest absolute Gasteiger partial charge is 0.230 e. The molecule has 2 aromatic carbocycles. The van der Waals surface area contributed by atoms with Gasteiger partial charge in [-0.15, -0.1) is 11.8 Å². The molecule has 0 aliphatic carbocycles. The normalized spacial score (nSPS) is 12.4. The van der Waals surface area contributed by atoms with Crippen LogP contribution >= 0.6 is 11.8 Å². The van der Waals surface area contributed by atoms with E-state index in [1.807, 2.05) is 31.2 Å². The monoisotopic (exact) mass is 393 g/mol. The fourth-order valence-corrected chi connectivity index (χ4v) is 3.78. The van der Waals surface area contributed by atoms with Crippen LogP contribution in [0.25, 0.3) is 0 Å². The van der Waals surface area contributed by atoms with E-state index in [0.29, 0.717) is 5.75 Å². The number of ether oxygens (including phenoxy) is 1. The van der Waals surface area contributed by atoms with Crippen molar-refractivity contribution in [1.82, 2.24) is 5.32 Å². The Morgan fingerprint density at radius 3 is 2.27 bits per heavy atom. The molecular weight excluding hydrogens is 370 g/mol. The van der Waals surface area contributed by atoms with E-state index in [2.05, 4.69) is 5.32 Å². The lowest BCUT2D eigenvalue weighted by Gasteiger charge is -2.14. The van der Waals surface area contributed by atoms with Crippen LogP contribution < -0.4 is 10.1 Å². The van der Waals surface area contributed by atoms with E-state index >= 15 is 0 Å². The molecule has 7 heteroatoms. The Morgan fingerprint density at radius 2 is 1.73 bits per heavy atom. The number of sulfone groups is 1. The highest BCUT2D eigenvalue weighted by molar-refractivity contribution is 7.99. The van der Waals surface area contributed by atoms with Gasteiger partial charge < -0.3 is 10.1 Å². The molecule has 26 heavy (non-hydrogen) atoms. The molecule has 0 aromatic heterocycles. The number of methoxy groups -OCH3 is 1. The standard InChI is InChI=1S/C19H23NO4S2/c1-14(16-6-10-18(11-7-16)26(3,22)23)20-19(21)13-25-12-15-4-8-17(24-2)9-5-15/h4-11,14H,12-13H2,1-3H3,(H,20,21). The van der Waals surface area contributed by atoms with Crippen LogP contribution in [0.15, 0.2) is 53.4 Å². The Kier molecular flexibility index (Phi) is 7.11. The van der Waals surface area contributed by atoms with Crippen LogP contribution in [0.1, 0.15) is 24.1 Å². The number of amides is 1. The van der Waals surface area contributed by atoms with Crippen molar-refractivity contribution in [2.75, 3.05) is 19.1 Å². The highest BCUT2D eigenvalue weighted by Gasteiger charge is 2.12. The van der Waals surface area contributed by atoms with Crippen LogP contribution in [-0.4, -0.2) is 33.4 Å². The van der Waals surface area contributed by atoms with E-state index in [0.717, 1.165) is 22.6 Å². The van der Waals surface area contributed by atoms with Gasteiger partial charge in [0.15, 0.2) is 9.84 Å². The minimum absolute atomic E-state index is 0.0526. The molecule has 1 atom stereocenters. The molecule has 2 aromatic rings. The van der Waals surface area contributed by atoms with Gasteiger partial charge in [-0.3, -0.25) is 4.79 Å². The molecule has 5 nitrogen and oxygen atoms in total. The molecule has 2 rings (SSSR count). The topological polar surface area (TPSA) is 72.5 Å². The Morgan fingerprint density at radius 1 is 1.12 bits per heavy atom. The Balaban J connectivity index is 1.81. The van der Waals surface area contributed by atoms with Gasteiger partial charge in [0.25, 0.3) is 0 Å². The Labute approximate surface area is 159 Å². The van der Waals surface area contributed by atoms with E-state index in [1.165, 1.54) is 18.0 Å². The van der Waals surface area contributed by atoms with Gasteiger partial charge in [0.1, 0.15) is 5.75 Å². The lowest BCUT2D eigenvalue weighted by atomic mass is 10.1. The number of hydrogen-bond acceptors (Lipinski definition) is 5. The van der Waals surface area contributed by atoms with Crippen molar-refractivity contribution in [3.8, 4) is 5.75 Å². The van der Waals surface area contributed by atoms with Crippen LogP contribution in [0.3, 0.4) is 0 Å². The number of thioether (sulfide) groups is 1. The molecule has 0 spiro atoms. The van der Waals surface area contributed by atoms with E-state index in [9.17, 15) is 13.2 Å². The van der Waals surface area contributed by atoms with Gasteiger partial charge in [-0.25, -0.2) is 8.42 Å². The molecule has 0 heterocycles. The van der Waals surface area contributed by atoms with Crippen molar-refractivity contribution in [2.24, 2.45) is 0 Å². The van der Waals surface area contributed by atoms with E-state index < -0.39 is 9.84 Å². The summed E-state index contributed by atoms with van der Waals surface area (Å²) in [4.78, 5) is 12.4. The zero-order valence-electron chi connectivity index (χ0n) is 15.1. The third-order valence-corrected chi connectivity index (χ3v) is 5.98. The van der Waals surface area contributed by atoms with Gasteiger partial charge in [-0.05, 0) is 42.3 Å². The summed E-state index contributed by atoms with van der Waals surface area (Å²) in [7, 11) is -1.58. The number of hydrogen-bond donors (Lipinski definition) is 1. The third kappa shape index (κ3) is 6.07. The summed E-state index contributed by atoms with van der Waals surface area (Å²) in [5.74, 6) is 1.86. The molecule has 0 saturated heterocycles. The molecule has 1 unspecified atom stereocenters. The zero-order chi connectivity index (χ0) is 19.2. The minimum Gasteiger partial charge on any atom is -0.497 e. The first-order valence-electron chi connectivity index (χ1n) is 8.09. The molecule has 0 bridgehead atoms. The van der Waals surface area contributed by atoms with Gasteiger partial charge in [0.05, 0.1) is 23.8 Å². The van der Waals surface area contributed by atoms with Crippen molar-refractivity contribution in [1.29, 1.82) is 0 Å². The van der Waals surface area contributed by atoms with Gasteiger partial charge in [-0.1, -0.05) is 24.3 Å². The predicted octanol–water partition coefficient (Wildman–Crippen LogP) is 3.21. The second kappa shape index (κ2) is 9.09. The number of carbonyl (C=O) groups excluding carboxylic acids is 1. The van der Waals surface area contributed by atoms with Crippen molar-refractivity contribution in [3.05, 3.63) is 59.7 Å². The zero-order valence-corrected chi connectivity index (χ0v) is 16.7. The first kappa shape index (κ1) is 20.3. The summed E-state index contributed by atoms with van der Waals surface area (Å²) in [6.45, 7) is 1.88. The van der Waals surface area contributed by atoms with Gasteiger partial charge >= 0.3 is 0 Å².